The van der Waals surface area contributed by atoms with Gasteiger partial charge in [-0.2, -0.15) is 13.2 Å². The minimum atomic E-state index is -4.37. The Morgan fingerprint density at radius 1 is 1.23 bits per heavy atom. The SMILES string of the molecule is CN(Cc1cccc(C(F)(F)F)c1)C(=O)C1CC2CCCC(C1)C2N.Cl. The summed E-state index contributed by atoms with van der Waals surface area (Å²) in [6, 6.07) is 5.39. The molecule has 0 saturated heterocycles. The van der Waals surface area contributed by atoms with E-state index in [2.05, 4.69) is 0 Å². The molecule has 0 aromatic heterocycles. The summed E-state index contributed by atoms with van der Waals surface area (Å²) in [5.41, 5.74) is 6.09. The molecule has 0 heterocycles. The lowest BCUT2D eigenvalue weighted by Crippen LogP contribution is -2.49. The minimum Gasteiger partial charge on any atom is -0.341 e. The molecular weight excluding hydrogens is 365 g/mol. The molecule has 2 fully saturated rings. The molecule has 2 aliphatic carbocycles. The van der Waals surface area contributed by atoms with Crippen LogP contribution in [0.5, 0.6) is 0 Å². The second-order valence-electron chi connectivity index (χ2n) is 7.59. The first kappa shape index (κ1) is 21.0. The molecular formula is C19H26ClF3N2O. The molecule has 0 spiro atoms. The zero-order valence-corrected chi connectivity index (χ0v) is 15.7. The molecule has 0 aliphatic heterocycles. The summed E-state index contributed by atoms with van der Waals surface area (Å²) < 4.78 is 38.5. The summed E-state index contributed by atoms with van der Waals surface area (Å²) in [4.78, 5) is 14.3. The molecule has 1 aromatic carbocycles. The minimum absolute atomic E-state index is 0. The lowest BCUT2D eigenvalue weighted by Gasteiger charge is -2.44. The number of halogens is 4. The third kappa shape index (κ3) is 4.52. The van der Waals surface area contributed by atoms with Crippen LogP contribution in [0, 0.1) is 17.8 Å². The Morgan fingerprint density at radius 3 is 2.42 bits per heavy atom. The van der Waals surface area contributed by atoms with Crippen molar-refractivity contribution in [3.8, 4) is 0 Å². The Kier molecular flexibility index (Phi) is 6.61. The first-order chi connectivity index (χ1) is 11.8. The van der Waals surface area contributed by atoms with E-state index >= 15 is 0 Å². The first-order valence-corrected chi connectivity index (χ1v) is 8.92. The molecule has 0 radical (unpaired) electrons. The molecule has 2 aliphatic rings. The van der Waals surface area contributed by atoms with Gasteiger partial charge in [0, 0.05) is 25.6 Å². The Bertz CT molecular complexity index is 623. The normalized spacial score (nSPS) is 28.2. The van der Waals surface area contributed by atoms with Gasteiger partial charge in [0.1, 0.15) is 0 Å². The largest absolute Gasteiger partial charge is 0.416 e. The van der Waals surface area contributed by atoms with Crippen molar-refractivity contribution in [3.05, 3.63) is 35.4 Å². The number of nitrogens with zero attached hydrogens (tertiary/aromatic N) is 1. The molecule has 1 aromatic rings. The smallest absolute Gasteiger partial charge is 0.341 e. The van der Waals surface area contributed by atoms with Gasteiger partial charge in [-0.15, -0.1) is 12.4 Å². The van der Waals surface area contributed by atoms with E-state index in [-0.39, 0.29) is 36.8 Å². The number of hydrogen-bond acceptors (Lipinski definition) is 2. The van der Waals surface area contributed by atoms with Gasteiger partial charge < -0.3 is 10.6 Å². The van der Waals surface area contributed by atoms with E-state index in [9.17, 15) is 18.0 Å². The van der Waals surface area contributed by atoms with Gasteiger partial charge in [-0.3, -0.25) is 4.79 Å². The highest BCUT2D eigenvalue weighted by molar-refractivity contribution is 5.85. The van der Waals surface area contributed by atoms with Gasteiger partial charge >= 0.3 is 6.18 Å². The topological polar surface area (TPSA) is 46.3 Å². The number of hydrogen-bond donors (Lipinski definition) is 1. The van der Waals surface area contributed by atoms with E-state index in [1.54, 1.807) is 18.0 Å². The Morgan fingerprint density at radius 2 is 1.85 bits per heavy atom. The van der Waals surface area contributed by atoms with Crippen LogP contribution in [-0.4, -0.2) is 23.9 Å². The maximum absolute atomic E-state index is 12.8. The highest BCUT2D eigenvalue weighted by atomic mass is 35.5. The van der Waals surface area contributed by atoms with Gasteiger partial charge in [-0.1, -0.05) is 18.6 Å². The molecule has 26 heavy (non-hydrogen) atoms. The third-order valence-corrected chi connectivity index (χ3v) is 5.81. The molecule has 3 rings (SSSR count). The Hall–Kier alpha value is -1.27. The fourth-order valence-corrected chi connectivity index (χ4v) is 4.50. The second kappa shape index (κ2) is 8.17. The van der Waals surface area contributed by atoms with Crippen LogP contribution in [0.4, 0.5) is 13.2 Å². The van der Waals surface area contributed by atoms with Crippen molar-refractivity contribution in [1.82, 2.24) is 4.90 Å². The summed E-state index contributed by atoms with van der Waals surface area (Å²) >= 11 is 0. The van der Waals surface area contributed by atoms with Crippen LogP contribution in [0.2, 0.25) is 0 Å². The van der Waals surface area contributed by atoms with Crippen LogP contribution in [0.1, 0.15) is 43.2 Å². The van der Waals surface area contributed by atoms with Crippen molar-refractivity contribution in [2.75, 3.05) is 7.05 Å². The number of rotatable bonds is 3. The van der Waals surface area contributed by atoms with E-state index in [1.807, 2.05) is 0 Å². The van der Waals surface area contributed by atoms with Crippen LogP contribution >= 0.6 is 12.4 Å². The molecule has 2 atom stereocenters. The highest BCUT2D eigenvalue weighted by Gasteiger charge is 2.41. The number of nitrogens with two attached hydrogens (primary N) is 1. The van der Waals surface area contributed by atoms with Crippen LogP contribution in [-0.2, 0) is 17.5 Å². The number of fused-ring (bicyclic) bond motifs is 2. The molecule has 2 saturated carbocycles. The molecule has 1 amide bonds. The number of carbonyl (C=O) groups is 1. The summed E-state index contributed by atoms with van der Waals surface area (Å²) in [5.74, 6) is 0.791. The van der Waals surface area contributed by atoms with Gasteiger partial charge in [0.2, 0.25) is 5.91 Å². The summed E-state index contributed by atoms with van der Waals surface area (Å²) in [6.07, 6.45) is 0.601. The van der Waals surface area contributed by atoms with Crippen molar-refractivity contribution < 1.29 is 18.0 Å². The summed E-state index contributed by atoms with van der Waals surface area (Å²) in [5, 5.41) is 0. The lowest BCUT2D eigenvalue weighted by molar-refractivity contribution is -0.137. The van der Waals surface area contributed by atoms with Crippen molar-refractivity contribution in [2.24, 2.45) is 23.5 Å². The summed E-state index contributed by atoms with van der Waals surface area (Å²) in [7, 11) is 1.67. The summed E-state index contributed by atoms with van der Waals surface area (Å²) in [6.45, 7) is 0.195. The van der Waals surface area contributed by atoms with Crippen molar-refractivity contribution in [1.29, 1.82) is 0 Å². The molecule has 2 unspecified atom stereocenters. The van der Waals surface area contributed by atoms with Gasteiger partial charge in [0.25, 0.3) is 0 Å². The number of benzene rings is 1. The number of amides is 1. The molecule has 146 valence electrons. The van der Waals surface area contributed by atoms with Crippen LogP contribution < -0.4 is 5.73 Å². The van der Waals surface area contributed by atoms with Gasteiger partial charge in [0.15, 0.2) is 0 Å². The standard InChI is InChI=1S/C19H25F3N2O.ClH/c1-24(11-12-4-2-7-16(8-12)19(20,21)22)18(25)15-9-13-5-3-6-14(10-15)17(13)23;/h2,4,7-8,13-15,17H,3,5-6,9-11,23H2,1H3;1H. The number of alkyl halides is 3. The van der Waals surface area contributed by atoms with Crippen LogP contribution in [0.25, 0.3) is 0 Å². The van der Waals surface area contributed by atoms with E-state index in [0.717, 1.165) is 37.8 Å². The zero-order chi connectivity index (χ0) is 18.2. The van der Waals surface area contributed by atoms with Crippen molar-refractivity contribution >= 4 is 18.3 Å². The molecule has 7 heteroatoms. The second-order valence-corrected chi connectivity index (χ2v) is 7.59. The monoisotopic (exact) mass is 390 g/mol. The van der Waals surface area contributed by atoms with Gasteiger partial charge in [0.05, 0.1) is 5.56 Å². The Balaban J connectivity index is 0.00000243. The Labute approximate surface area is 158 Å². The molecule has 3 nitrogen and oxygen atoms in total. The predicted molar refractivity (Wildman–Crippen MR) is 96.7 cm³/mol. The maximum atomic E-state index is 12.8. The first-order valence-electron chi connectivity index (χ1n) is 8.92. The van der Waals surface area contributed by atoms with Gasteiger partial charge in [-0.05, 0) is 55.2 Å². The quantitative estimate of drug-likeness (QED) is 0.839. The predicted octanol–water partition coefficient (Wildman–Crippen LogP) is 4.24. The fourth-order valence-electron chi connectivity index (χ4n) is 4.50. The van der Waals surface area contributed by atoms with Crippen LogP contribution in [0.3, 0.4) is 0 Å². The van der Waals surface area contributed by atoms with E-state index in [4.69, 9.17) is 5.73 Å². The highest BCUT2D eigenvalue weighted by Crippen LogP contribution is 2.42. The lowest BCUT2D eigenvalue weighted by atomic mass is 9.65. The maximum Gasteiger partial charge on any atom is 0.416 e. The average Bonchev–Trinajstić information content (AvgIpc) is 2.53. The average molecular weight is 391 g/mol. The van der Waals surface area contributed by atoms with E-state index < -0.39 is 11.7 Å². The molecule has 2 N–H and O–H groups in total. The van der Waals surface area contributed by atoms with Crippen LogP contribution in [0.15, 0.2) is 24.3 Å². The molecule has 2 bridgehead atoms. The zero-order valence-electron chi connectivity index (χ0n) is 14.8. The van der Waals surface area contributed by atoms with Gasteiger partial charge in [-0.25, -0.2) is 0 Å². The third-order valence-electron chi connectivity index (χ3n) is 5.81. The fraction of sp³-hybridized carbons (Fsp3) is 0.632. The van der Waals surface area contributed by atoms with E-state index in [0.29, 0.717) is 17.4 Å². The van der Waals surface area contributed by atoms with E-state index in [1.165, 1.54) is 12.5 Å². The number of carbonyl (C=O) groups excluding carboxylic acids is 1. The van der Waals surface area contributed by atoms with Crippen molar-refractivity contribution in [2.45, 2.75) is 50.9 Å². The van der Waals surface area contributed by atoms with Crippen molar-refractivity contribution in [3.63, 3.8) is 0 Å².